The summed E-state index contributed by atoms with van der Waals surface area (Å²) < 4.78 is 0. The summed E-state index contributed by atoms with van der Waals surface area (Å²) in [4.78, 5) is 11.3. The van der Waals surface area contributed by atoms with Gasteiger partial charge >= 0.3 is 5.97 Å². The number of carboxylic acid groups (broad SMARTS) is 1. The van der Waals surface area contributed by atoms with Gasteiger partial charge in [0.15, 0.2) is 0 Å². The predicted molar refractivity (Wildman–Crippen MR) is 64.0 cm³/mol. The standard InChI is InChI=1S/C13H26O2.Nd/c1-4-7-8-9-11-13(6-3,10-5-2)12(14)15;/h4-11H2,1-3H3,(H,14,15);. The zero-order valence-electron chi connectivity index (χ0n) is 11.0. The summed E-state index contributed by atoms with van der Waals surface area (Å²) in [5.74, 6) is -0.594. The SMILES string of the molecule is CCCCCCC(CC)(CCC)C(=O)O.[Nd]. The van der Waals surface area contributed by atoms with Gasteiger partial charge in [0.25, 0.3) is 0 Å². The predicted octanol–water partition coefficient (Wildman–Crippen LogP) is 4.24. The third-order valence-corrected chi connectivity index (χ3v) is 3.37. The maximum Gasteiger partial charge on any atom is 0.309 e. The summed E-state index contributed by atoms with van der Waals surface area (Å²) in [5.41, 5.74) is -0.442. The third kappa shape index (κ3) is 6.53. The van der Waals surface area contributed by atoms with Crippen molar-refractivity contribution < 1.29 is 50.7 Å². The Hall–Kier alpha value is 0.821. The van der Waals surface area contributed by atoms with Crippen LogP contribution in [0.4, 0.5) is 0 Å². The van der Waals surface area contributed by atoms with Crippen LogP contribution < -0.4 is 0 Å². The molecule has 3 heteroatoms. The van der Waals surface area contributed by atoms with Gasteiger partial charge in [-0.25, -0.2) is 0 Å². The zero-order valence-corrected chi connectivity index (χ0v) is 14.2. The number of unbranched alkanes of at least 4 members (excludes halogenated alkanes) is 3. The second-order valence-electron chi connectivity index (χ2n) is 4.50. The molecule has 0 radical (unpaired) electrons. The minimum atomic E-state index is -0.594. The van der Waals surface area contributed by atoms with Crippen molar-refractivity contribution >= 4 is 5.97 Å². The maximum atomic E-state index is 11.3. The van der Waals surface area contributed by atoms with Crippen LogP contribution in [0.15, 0.2) is 0 Å². The maximum absolute atomic E-state index is 11.3. The van der Waals surface area contributed by atoms with Crippen LogP contribution in [0.1, 0.15) is 72.1 Å². The van der Waals surface area contributed by atoms with E-state index in [1.165, 1.54) is 19.3 Å². The molecule has 0 aliphatic carbocycles. The molecule has 1 N–H and O–H groups in total. The van der Waals surface area contributed by atoms with E-state index in [2.05, 4.69) is 13.8 Å². The Bertz CT molecular complexity index is 183. The molecule has 0 spiro atoms. The first-order valence-corrected chi connectivity index (χ1v) is 6.36. The Morgan fingerprint density at radius 3 is 2.00 bits per heavy atom. The molecule has 0 aromatic carbocycles. The number of carboxylic acids is 1. The van der Waals surface area contributed by atoms with Crippen molar-refractivity contribution in [3.63, 3.8) is 0 Å². The van der Waals surface area contributed by atoms with Crippen LogP contribution in [-0.4, -0.2) is 11.1 Å². The van der Waals surface area contributed by atoms with E-state index < -0.39 is 11.4 Å². The van der Waals surface area contributed by atoms with E-state index in [9.17, 15) is 9.90 Å². The Balaban J connectivity index is 0. The number of hydrogen-bond donors (Lipinski definition) is 1. The van der Waals surface area contributed by atoms with Gasteiger partial charge in [-0.05, 0) is 19.3 Å². The van der Waals surface area contributed by atoms with Crippen LogP contribution >= 0.6 is 0 Å². The zero-order chi connectivity index (χ0) is 11.7. The van der Waals surface area contributed by atoms with Crippen molar-refractivity contribution in [2.45, 2.75) is 72.1 Å². The van der Waals surface area contributed by atoms with Gasteiger partial charge < -0.3 is 5.11 Å². The van der Waals surface area contributed by atoms with E-state index in [0.717, 1.165) is 32.1 Å². The normalized spacial score (nSPS) is 13.9. The molecule has 0 aliphatic rings. The molecule has 1 unspecified atom stereocenters. The molecular weight excluding hydrogens is 332 g/mol. The molecular formula is C13H26NdO2. The Kier molecular flexibility index (Phi) is 13.1. The van der Waals surface area contributed by atoms with Gasteiger partial charge in [0, 0.05) is 40.8 Å². The molecule has 0 bridgehead atoms. The van der Waals surface area contributed by atoms with E-state index in [4.69, 9.17) is 0 Å². The number of carbonyl (C=O) groups is 1. The minimum Gasteiger partial charge on any atom is -0.481 e. The van der Waals surface area contributed by atoms with Gasteiger partial charge in [-0.2, -0.15) is 0 Å². The summed E-state index contributed by atoms with van der Waals surface area (Å²) in [7, 11) is 0. The van der Waals surface area contributed by atoms with Gasteiger partial charge in [-0.1, -0.05) is 52.9 Å². The number of hydrogen-bond acceptors (Lipinski definition) is 1. The van der Waals surface area contributed by atoms with Crippen molar-refractivity contribution in [1.29, 1.82) is 0 Å². The first-order valence-electron chi connectivity index (χ1n) is 6.36. The Morgan fingerprint density at radius 2 is 1.62 bits per heavy atom. The van der Waals surface area contributed by atoms with Gasteiger partial charge in [-0.3, -0.25) is 4.79 Å². The molecule has 0 saturated heterocycles. The fraction of sp³-hybridized carbons (Fsp3) is 0.923. The molecule has 2 nitrogen and oxygen atoms in total. The second kappa shape index (κ2) is 10.9. The summed E-state index contributed by atoms with van der Waals surface area (Å²) in [6.45, 7) is 6.25. The molecule has 16 heavy (non-hydrogen) atoms. The van der Waals surface area contributed by atoms with E-state index in [1.54, 1.807) is 0 Å². The molecule has 0 aliphatic heterocycles. The summed E-state index contributed by atoms with van der Waals surface area (Å²) in [5, 5.41) is 9.31. The molecule has 0 saturated carbocycles. The third-order valence-electron chi connectivity index (χ3n) is 3.37. The molecule has 0 aromatic rings. The van der Waals surface area contributed by atoms with E-state index in [0.29, 0.717) is 0 Å². The average molecular weight is 359 g/mol. The smallest absolute Gasteiger partial charge is 0.309 e. The van der Waals surface area contributed by atoms with Crippen molar-refractivity contribution in [2.75, 3.05) is 0 Å². The fourth-order valence-corrected chi connectivity index (χ4v) is 2.21. The van der Waals surface area contributed by atoms with Crippen LogP contribution in [-0.2, 0) is 4.79 Å². The van der Waals surface area contributed by atoms with E-state index in [-0.39, 0.29) is 40.8 Å². The van der Waals surface area contributed by atoms with Crippen LogP contribution in [0, 0.1) is 46.3 Å². The van der Waals surface area contributed by atoms with Crippen LogP contribution in [0.2, 0.25) is 0 Å². The largest absolute Gasteiger partial charge is 0.481 e. The molecule has 0 aromatic heterocycles. The molecule has 0 amide bonds. The van der Waals surface area contributed by atoms with Crippen LogP contribution in [0.25, 0.3) is 0 Å². The summed E-state index contributed by atoms with van der Waals surface area (Å²) >= 11 is 0. The second-order valence-corrected chi connectivity index (χ2v) is 4.50. The molecule has 1 atom stereocenters. The number of aliphatic carboxylic acids is 1. The topological polar surface area (TPSA) is 37.3 Å². The van der Waals surface area contributed by atoms with Crippen molar-refractivity contribution in [1.82, 2.24) is 0 Å². The summed E-state index contributed by atoms with van der Waals surface area (Å²) in [6, 6.07) is 0. The first-order chi connectivity index (χ1) is 7.13. The number of rotatable bonds is 9. The first kappa shape index (κ1) is 19.2. The average Bonchev–Trinajstić information content (AvgIpc) is 2.22. The van der Waals surface area contributed by atoms with Gasteiger partial charge in [0.2, 0.25) is 0 Å². The van der Waals surface area contributed by atoms with Crippen LogP contribution in [0.5, 0.6) is 0 Å². The quantitative estimate of drug-likeness (QED) is 0.626. The van der Waals surface area contributed by atoms with Gasteiger partial charge in [0.05, 0.1) is 5.41 Å². The monoisotopic (exact) mass is 356 g/mol. The fourth-order valence-electron chi connectivity index (χ4n) is 2.21. The van der Waals surface area contributed by atoms with E-state index >= 15 is 0 Å². The van der Waals surface area contributed by atoms with Crippen molar-refractivity contribution in [2.24, 2.45) is 5.41 Å². The molecule has 94 valence electrons. The molecule has 0 rings (SSSR count). The molecule has 0 fully saturated rings. The van der Waals surface area contributed by atoms with Crippen molar-refractivity contribution in [3.8, 4) is 0 Å². The van der Waals surface area contributed by atoms with Crippen molar-refractivity contribution in [3.05, 3.63) is 0 Å². The van der Waals surface area contributed by atoms with Gasteiger partial charge in [0.1, 0.15) is 0 Å². The Morgan fingerprint density at radius 1 is 1.00 bits per heavy atom. The van der Waals surface area contributed by atoms with Gasteiger partial charge in [-0.15, -0.1) is 0 Å². The van der Waals surface area contributed by atoms with Crippen LogP contribution in [0.3, 0.4) is 0 Å². The van der Waals surface area contributed by atoms with E-state index in [1.807, 2.05) is 6.92 Å². The summed E-state index contributed by atoms with van der Waals surface area (Å²) in [6.07, 6.45) is 8.09. The molecule has 0 heterocycles. The minimum absolute atomic E-state index is 0. The Labute approximate surface area is 133 Å².